The molecule has 0 fully saturated rings. The van der Waals surface area contributed by atoms with Crippen molar-refractivity contribution in [1.82, 2.24) is 0 Å². The van der Waals surface area contributed by atoms with Crippen LogP contribution in [-0.2, 0) is 0 Å². The van der Waals surface area contributed by atoms with Crippen molar-refractivity contribution < 1.29 is 10.3 Å². The largest absolute Gasteiger partial charge is 0.507 e. The van der Waals surface area contributed by atoms with E-state index in [2.05, 4.69) is 52.3 Å². The molecule has 0 heterocycles. The summed E-state index contributed by atoms with van der Waals surface area (Å²) in [5.41, 5.74) is 6.53. The maximum Gasteiger partial charge on any atom is 0.121 e. The number of aromatic hydroxyl groups is 1. The van der Waals surface area contributed by atoms with E-state index in [1.165, 1.54) is 11.1 Å². The summed E-state index contributed by atoms with van der Waals surface area (Å²) in [6, 6.07) is 20.3. The molecular weight excluding hydrogens is 414 g/mol. The van der Waals surface area contributed by atoms with Gasteiger partial charge in [-0.3, -0.25) is 0 Å². The van der Waals surface area contributed by atoms with Crippen LogP contribution in [0.5, 0.6) is 5.75 Å². The molecule has 3 aromatic rings. The molecule has 0 aliphatic rings. The molecule has 3 nitrogen and oxygen atoms in total. The molecular formula is C24H24BrNO2. The van der Waals surface area contributed by atoms with Crippen molar-refractivity contribution in [1.29, 1.82) is 0 Å². The highest BCUT2D eigenvalue weighted by Gasteiger charge is 2.21. The number of phenols is 1. The highest BCUT2D eigenvalue weighted by molar-refractivity contribution is 9.10. The minimum Gasteiger partial charge on any atom is -0.507 e. The monoisotopic (exact) mass is 437 g/mol. The van der Waals surface area contributed by atoms with Crippen LogP contribution in [0.1, 0.15) is 45.7 Å². The summed E-state index contributed by atoms with van der Waals surface area (Å²) in [4.78, 5) is 0. The second-order valence-corrected chi connectivity index (χ2v) is 8.09. The Morgan fingerprint density at radius 3 is 2.11 bits per heavy atom. The van der Waals surface area contributed by atoms with Crippen LogP contribution in [0.4, 0.5) is 0 Å². The molecule has 0 radical (unpaired) electrons. The average molecular weight is 438 g/mol. The smallest absolute Gasteiger partial charge is 0.121 e. The number of halogens is 1. The second kappa shape index (κ2) is 8.61. The maximum absolute atomic E-state index is 10.1. The molecule has 28 heavy (non-hydrogen) atoms. The summed E-state index contributed by atoms with van der Waals surface area (Å²) in [5, 5.41) is 23.5. The predicted molar refractivity (Wildman–Crippen MR) is 118 cm³/mol. The first-order valence-electron chi connectivity index (χ1n) is 9.23. The molecule has 1 unspecified atom stereocenters. The van der Waals surface area contributed by atoms with Gasteiger partial charge in [-0.2, -0.15) is 0 Å². The van der Waals surface area contributed by atoms with E-state index in [1.54, 1.807) is 0 Å². The lowest BCUT2D eigenvalue weighted by atomic mass is 9.83. The zero-order valence-corrected chi connectivity index (χ0v) is 17.9. The Hall–Kier alpha value is -2.59. The van der Waals surface area contributed by atoms with Crippen LogP contribution < -0.4 is 0 Å². The van der Waals surface area contributed by atoms with Gasteiger partial charge in [0.25, 0.3) is 0 Å². The number of nitrogens with zero attached hydrogens (tertiary/aromatic N) is 1. The molecule has 0 aliphatic carbocycles. The Bertz CT molecular complexity index is 986. The molecule has 3 aromatic carbocycles. The molecule has 1 atom stereocenters. The van der Waals surface area contributed by atoms with Crippen molar-refractivity contribution >= 4 is 21.6 Å². The van der Waals surface area contributed by atoms with Gasteiger partial charge in [0.1, 0.15) is 5.75 Å². The van der Waals surface area contributed by atoms with Gasteiger partial charge in [0.05, 0.1) is 5.71 Å². The first kappa shape index (κ1) is 20.2. The van der Waals surface area contributed by atoms with Crippen LogP contribution in [0.25, 0.3) is 0 Å². The number of benzene rings is 3. The zero-order chi connectivity index (χ0) is 20.3. The fourth-order valence-corrected chi connectivity index (χ4v) is 3.88. The number of hydrogen-bond acceptors (Lipinski definition) is 3. The predicted octanol–water partition coefficient (Wildman–Crippen LogP) is 6.48. The molecule has 4 heteroatoms. The fourth-order valence-electron chi connectivity index (χ4n) is 3.61. The minimum atomic E-state index is 0.0506. The van der Waals surface area contributed by atoms with Crippen LogP contribution in [0.15, 0.2) is 70.3 Å². The van der Waals surface area contributed by atoms with Gasteiger partial charge in [-0.05, 0) is 72.9 Å². The number of aryl methyl sites for hydroxylation is 3. The molecule has 0 bridgehead atoms. The Morgan fingerprint density at radius 1 is 0.929 bits per heavy atom. The number of oxime groups is 1. The Kier molecular flexibility index (Phi) is 6.20. The van der Waals surface area contributed by atoms with E-state index in [-0.39, 0.29) is 11.7 Å². The van der Waals surface area contributed by atoms with Gasteiger partial charge in [-0.1, -0.05) is 57.5 Å². The SMILES string of the molecule is Cc1ccccc1C(C/C(=N/O)c1cc(C)c(O)c(C)c1)c1ccc(Br)cc1. The van der Waals surface area contributed by atoms with Crippen molar-refractivity contribution in [3.63, 3.8) is 0 Å². The summed E-state index contributed by atoms with van der Waals surface area (Å²) in [7, 11) is 0. The lowest BCUT2D eigenvalue weighted by molar-refractivity contribution is 0.317. The third-order valence-electron chi connectivity index (χ3n) is 5.18. The summed E-state index contributed by atoms with van der Waals surface area (Å²) < 4.78 is 1.03. The summed E-state index contributed by atoms with van der Waals surface area (Å²) in [6.07, 6.45) is 0.548. The number of hydrogen-bond donors (Lipinski definition) is 2. The molecule has 144 valence electrons. The lowest BCUT2D eigenvalue weighted by Gasteiger charge is -2.21. The molecule has 2 N–H and O–H groups in total. The van der Waals surface area contributed by atoms with E-state index in [9.17, 15) is 10.3 Å². The van der Waals surface area contributed by atoms with Crippen LogP contribution in [-0.4, -0.2) is 16.0 Å². The van der Waals surface area contributed by atoms with Gasteiger partial charge in [0.2, 0.25) is 0 Å². The van der Waals surface area contributed by atoms with E-state index in [0.717, 1.165) is 26.7 Å². The quantitative estimate of drug-likeness (QED) is 0.272. The average Bonchev–Trinajstić information content (AvgIpc) is 2.68. The first-order valence-corrected chi connectivity index (χ1v) is 10.0. The second-order valence-electron chi connectivity index (χ2n) is 7.17. The summed E-state index contributed by atoms with van der Waals surface area (Å²) in [5.74, 6) is 0.332. The van der Waals surface area contributed by atoms with Gasteiger partial charge in [0, 0.05) is 22.4 Å². The van der Waals surface area contributed by atoms with Crippen LogP contribution >= 0.6 is 15.9 Å². The van der Waals surface area contributed by atoms with E-state index in [1.807, 2.05) is 50.2 Å². The van der Waals surface area contributed by atoms with Gasteiger partial charge < -0.3 is 10.3 Å². The Labute approximate surface area is 174 Å². The minimum absolute atomic E-state index is 0.0506. The van der Waals surface area contributed by atoms with Crippen molar-refractivity contribution in [2.75, 3.05) is 0 Å². The summed E-state index contributed by atoms with van der Waals surface area (Å²) in [6.45, 7) is 5.81. The molecule has 0 saturated carbocycles. The fraction of sp³-hybridized carbons (Fsp3) is 0.208. The third kappa shape index (κ3) is 4.28. The lowest BCUT2D eigenvalue weighted by Crippen LogP contribution is -2.12. The number of rotatable bonds is 5. The van der Waals surface area contributed by atoms with Crippen LogP contribution in [0.2, 0.25) is 0 Å². The topological polar surface area (TPSA) is 52.8 Å². The molecule has 0 spiro atoms. The van der Waals surface area contributed by atoms with Crippen LogP contribution in [0.3, 0.4) is 0 Å². The molecule has 0 amide bonds. The normalized spacial score (nSPS) is 12.8. The Balaban J connectivity index is 2.06. The highest BCUT2D eigenvalue weighted by atomic mass is 79.9. The van der Waals surface area contributed by atoms with Crippen molar-refractivity contribution in [2.24, 2.45) is 5.16 Å². The maximum atomic E-state index is 10.1. The van der Waals surface area contributed by atoms with Crippen molar-refractivity contribution in [3.8, 4) is 5.75 Å². The van der Waals surface area contributed by atoms with E-state index in [0.29, 0.717) is 12.1 Å². The standard InChI is InChI=1S/C24H24BrNO2/c1-15-6-4-5-7-21(15)22(18-8-10-20(25)11-9-18)14-23(26-28)19-12-16(2)24(27)17(3)13-19/h4-13,22,27-28H,14H2,1-3H3/b26-23-. The summed E-state index contributed by atoms with van der Waals surface area (Å²) >= 11 is 3.50. The molecule has 3 rings (SSSR count). The third-order valence-corrected chi connectivity index (χ3v) is 5.71. The van der Waals surface area contributed by atoms with Gasteiger partial charge in [0.15, 0.2) is 0 Å². The van der Waals surface area contributed by atoms with Gasteiger partial charge in [-0.15, -0.1) is 0 Å². The van der Waals surface area contributed by atoms with Crippen LogP contribution in [0, 0.1) is 20.8 Å². The highest BCUT2D eigenvalue weighted by Crippen LogP contribution is 2.33. The van der Waals surface area contributed by atoms with Gasteiger partial charge >= 0.3 is 0 Å². The molecule has 0 saturated heterocycles. The van der Waals surface area contributed by atoms with E-state index in [4.69, 9.17) is 0 Å². The molecule has 0 aliphatic heterocycles. The zero-order valence-electron chi connectivity index (χ0n) is 16.3. The number of phenolic OH excluding ortho intramolecular Hbond substituents is 1. The van der Waals surface area contributed by atoms with Gasteiger partial charge in [-0.25, -0.2) is 0 Å². The van der Waals surface area contributed by atoms with Crippen molar-refractivity contribution in [3.05, 3.63) is 98.5 Å². The van der Waals surface area contributed by atoms with E-state index < -0.39 is 0 Å². The first-order chi connectivity index (χ1) is 13.4. The van der Waals surface area contributed by atoms with E-state index >= 15 is 0 Å². The van der Waals surface area contributed by atoms with Crippen molar-refractivity contribution in [2.45, 2.75) is 33.1 Å². The Morgan fingerprint density at radius 2 is 1.54 bits per heavy atom. The molecule has 0 aromatic heterocycles.